The SMILES string of the molecule is CCC1CNCCN1C(C)[NH]. The molecule has 1 radical (unpaired) electrons. The number of nitrogens with zero attached hydrogens (tertiary/aromatic N) is 1. The van der Waals surface area contributed by atoms with Gasteiger partial charge in [0, 0.05) is 25.7 Å². The predicted octanol–water partition coefficient (Wildman–Crippen LogP) is 0.299. The first-order valence-corrected chi connectivity index (χ1v) is 4.43. The summed E-state index contributed by atoms with van der Waals surface area (Å²) in [5.74, 6) is 0. The largest absolute Gasteiger partial charge is 0.314 e. The minimum absolute atomic E-state index is 0.0398. The second kappa shape index (κ2) is 4.04. The molecule has 1 heterocycles. The van der Waals surface area contributed by atoms with E-state index in [0.717, 1.165) is 26.1 Å². The van der Waals surface area contributed by atoms with Gasteiger partial charge in [-0.3, -0.25) is 4.90 Å². The van der Waals surface area contributed by atoms with Crippen LogP contribution in [-0.4, -0.2) is 36.7 Å². The van der Waals surface area contributed by atoms with Crippen molar-refractivity contribution in [1.82, 2.24) is 16.0 Å². The van der Waals surface area contributed by atoms with E-state index in [9.17, 15) is 0 Å². The lowest BCUT2D eigenvalue weighted by atomic mass is 10.1. The van der Waals surface area contributed by atoms with E-state index in [1.54, 1.807) is 0 Å². The van der Waals surface area contributed by atoms with Crippen molar-refractivity contribution in [3.05, 3.63) is 0 Å². The second-order valence-corrected chi connectivity index (χ2v) is 3.18. The lowest BCUT2D eigenvalue weighted by Gasteiger charge is -2.37. The summed E-state index contributed by atoms with van der Waals surface area (Å²) in [7, 11) is 0. The van der Waals surface area contributed by atoms with Crippen LogP contribution in [-0.2, 0) is 0 Å². The normalized spacial score (nSPS) is 30.3. The van der Waals surface area contributed by atoms with Crippen LogP contribution in [0.2, 0.25) is 0 Å². The van der Waals surface area contributed by atoms with Gasteiger partial charge in [-0.1, -0.05) is 6.92 Å². The van der Waals surface area contributed by atoms with Crippen molar-refractivity contribution in [1.29, 1.82) is 0 Å². The molecule has 1 fully saturated rings. The fraction of sp³-hybridized carbons (Fsp3) is 1.00. The Morgan fingerprint density at radius 1 is 1.73 bits per heavy atom. The highest BCUT2D eigenvalue weighted by molar-refractivity contribution is 4.79. The Kier molecular flexibility index (Phi) is 3.30. The summed E-state index contributed by atoms with van der Waals surface area (Å²) in [4.78, 5) is 2.26. The number of rotatable bonds is 2. The Labute approximate surface area is 68.9 Å². The van der Waals surface area contributed by atoms with Crippen LogP contribution in [0.1, 0.15) is 20.3 Å². The highest BCUT2D eigenvalue weighted by Crippen LogP contribution is 2.08. The van der Waals surface area contributed by atoms with Crippen molar-refractivity contribution in [2.45, 2.75) is 32.5 Å². The molecule has 0 saturated carbocycles. The Balaban J connectivity index is 2.44. The quantitative estimate of drug-likeness (QED) is 0.624. The molecule has 65 valence electrons. The summed E-state index contributed by atoms with van der Waals surface area (Å²) < 4.78 is 0. The number of hydrogen-bond donors (Lipinski definition) is 1. The van der Waals surface area contributed by atoms with Gasteiger partial charge in [0.15, 0.2) is 0 Å². The van der Waals surface area contributed by atoms with E-state index in [0.29, 0.717) is 6.04 Å². The molecule has 0 aromatic rings. The fourth-order valence-electron chi connectivity index (χ4n) is 1.67. The van der Waals surface area contributed by atoms with Crippen LogP contribution < -0.4 is 11.1 Å². The average molecular weight is 156 g/mol. The minimum Gasteiger partial charge on any atom is -0.314 e. The van der Waals surface area contributed by atoms with Gasteiger partial charge >= 0.3 is 0 Å². The van der Waals surface area contributed by atoms with Crippen molar-refractivity contribution in [3.63, 3.8) is 0 Å². The summed E-state index contributed by atoms with van der Waals surface area (Å²) >= 11 is 0. The average Bonchev–Trinajstić information content (AvgIpc) is 2.04. The molecule has 3 nitrogen and oxygen atoms in total. The molecule has 1 aliphatic heterocycles. The zero-order valence-corrected chi connectivity index (χ0v) is 7.43. The molecule has 3 heteroatoms. The van der Waals surface area contributed by atoms with E-state index in [2.05, 4.69) is 17.1 Å². The van der Waals surface area contributed by atoms with E-state index < -0.39 is 0 Å². The first kappa shape index (κ1) is 8.97. The van der Waals surface area contributed by atoms with Gasteiger partial charge in [0.25, 0.3) is 0 Å². The molecular weight excluding hydrogens is 138 g/mol. The maximum atomic E-state index is 7.60. The zero-order chi connectivity index (χ0) is 8.27. The van der Waals surface area contributed by atoms with Crippen molar-refractivity contribution < 1.29 is 0 Å². The first-order chi connectivity index (χ1) is 5.25. The molecule has 0 bridgehead atoms. The third kappa shape index (κ3) is 2.15. The first-order valence-electron chi connectivity index (χ1n) is 4.43. The lowest BCUT2D eigenvalue weighted by molar-refractivity contribution is 0.111. The van der Waals surface area contributed by atoms with Crippen LogP contribution in [0, 0.1) is 0 Å². The molecule has 1 rings (SSSR count). The summed E-state index contributed by atoms with van der Waals surface area (Å²) in [5, 5.41) is 3.35. The fourth-order valence-corrected chi connectivity index (χ4v) is 1.67. The molecule has 1 aliphatic rings. The summed E-state index contributed by atoms with van der Waals surface area (Å²) in [6, 6.07) is 0.580. The predicted molar refractivity (Wildman–Crippen MR) is 46.2 cm³/mol. The Bertz CT molecular complexity index is 114. The Morgan fingerprint density at radius 3 is 2.91 bits per heavy atom. The molecule has 0 aromatic heterocycles. The van der Waals surface area contributed by atoms with Gasteiger partial charge in [0.1, 0.15) is 0 Å². The van der Waals surface area contributed by atoms with Crippen LogP contribution in [0.15, 0.2) is 0 Å². The van der Waals surface area contributed by atoms with Crippen LogP contribution in [0.4, 0.5) is 0 Å². The van der Waals surface area contributed by atoms with Gasteiger partial charge in [-0.25, -0.2) is 5.73 Å². The van der Waals surface area contributed by atoms with E-state index in [-0.39, 0.29) is 6.17 Å². The van der Waals surface area contributed by atoms with Crippen LogP contribution in [0.3, 0.4) is 0 Å². The van der Waals surface area contributed by atoms with E-state index >= 15 is 0 Å². The lowest BCUT2D eigenvalue weighted by Crippen LogP contribution is -2.54. The molecule has 0 amide bonds. The number of hydrogen-bond acceptors (Lipinski definition) is 2. The number of nitrogens with one attached hydrogen (secondary N) is 2. The monoisotopic (exact) mass is 156 g/mol. The van der Waals surface area contributed by atoms with Crippen LogP contribution in [0.25, 0.3) is 0 Å². The molecule has 2 atom stereocenters. The van der Waals surface area contributed by atoms with Gasteiger partial charge in [0.05, 0.1) is 6.17 Å². The second-order valence-electron chi connectivity index (χ2n) is 3.18. The van der Waals surface area contributed by atoms with Gasteiger partial charge in [-0.05, 0) is 13.3 Å². The van der Waals surface area contributed by atoms with E-state index in [1.807, 2.05) is 6.92 Å². The number of piperazine rings is 1. The standard InChI is InChI=1S/C8H18N3/c1-3-8-6-10-4-5-11(8)7(2)9/h7-10H,3-6H2,1-2H3. The highest BCUT2D eigenvalue weighted by atomic mass is 15.3. The van der Waals surface area contributed by atoms with Gasteiger partial charge in [0.2, 0.25) is 0 Å². The van der Waals surface area contributed by atoms with Crippen molar-refractivity contribution in [3.8, 4) is 0 Å². The van der Waals surface area contributed by atoms with Crippen LogP contribution >= 0.6 is 0 Å². The maximum absolute atomic E-state index is 7.60. The molecule has 0 aliphatic carbocycles. The van der Waals surface area contributed by atoms with Gasteiger partial charge in [-0.2, -0.15) is 0 Å². The third-order valence-corrected chi connectivity index (χ3v) is 2.36. The van der Waals surface area contributed by atoms with Crippen molar-refractivity contribution in [2.24, 2.45) is 0 Å². The van der Waals surface area contributed by atoms with Crippen LogP contribution in [0.5, 0.6) is 0 Å². The van der Waals surface area contributed by atoms with E-state index in [4.69, 9.17) is 5.73 Å². The zero-order valence-electron chi connectivity index (χ0n) is 7.43. The summed E-state index contributed by atoms with van der Waals surface area (Å²) in [5.41, 5.74) is 7.60. The van der Waals surface area contributed by atoms with Crippen molar-refractivity contribution >= 4 is 0 Å². The molecule has 2 unspecified atom stereocenters. The molecule has 0 aromatic carbocycles. The topological polar surface area (TPSA) is 39.1 Å². The highest BCUT2D eigenvalue weighted by Gasteiger charge is 2.22. The van der Waals surface area contributed by atoms with E-state index in [1.165, 1.54) is 0 Å². The summed E-state index contributed by atoms with van der Waals surface area (Å²) in [6.45, 7) is 7.27. The molecule has 2 N–H and O–H groups in total. The van der Waals surface area contributed by atoms with Crippen molar-refractivity contribution in [2.75, 3.05) is 19.6 Å². The molecule has 1 saturated heterocycles. The maximum Gasteiger partial charge on any atom is 0.0704 e. The third-order valence-electron chi connectivity index (χ3n) is 2.36. The molecule has 0 spiro atoms. The molecule has 11 heavy (non-hydrogen) atoms. The Hall–Kier alpha value is -0.120. The molecular formula is C8H18N3. The Morgan fingerprint density at radius 2 is 2.45 bits per heavy atom. The van der Waals surface area contributed by atoms with Gasteiger partial charge < -0.3 is 5.32 Å². The van der Waals surface area contributed by atoms with Gasteiger partial charge in [-0.15, -0.1) is 0 Å². The summed E-state index contributed by atoms with van der Waals surface area (Å²) in [6.07, 6.45) is 1.11. The smallest absolute Gasteiger partial charge is 0.0704 e. The minimum atomic E-state index is -0.0398.